The van der Waals surface area contributed by atoms with Gasteiger partial charge in [0.2, 0.25) is 0 Å². The molecule has 0 nitrogen and oxygen atoms in total. The van der Waals surface area contributed by atoms with Crippen LogP contribution >= 0.6 is 27.3 Å². The lowest BCUT2D eigenvalue weighted by Gasteiger charge is -1.90. The summed E-state index contributed by atoms with van der Waals surface area (Å²) in [5.41, 5.74) is 1.34. The number of alkyl halides is 1. The van der Waals surface area contributed by atoms with Gasteiger partial charge in [-0.05, 0) is 28.8 Å². The number of halogens is 1. The third-order valence-corrected chi connectivity index (χ3v) is 3.52. The van der Waals surface area contributed by atoms with E-state index in [9.17, 15) is 0 Å². The maximum absolute atomic E-state index is 3.41. The lowest BCUT2D eigenvalue weighted by molar-refractivity contribution is 1.27. The molecule has 0 unspecified atom stereocenters. The molecule has 14 heavy (non-hydrogen) atoms. The van der Waals surface area contributed by atoms with Crippen molar-refractivity contribution in [3.8, 4) is 0 Å². The maximum Gasteiger partial charge on any atom is 0.0348 e. The molecule has 2 rings (SSSR count). The monoisotopic (exact) mass is 266 g/mol. The number of hydrogen-bond acceptors (Lipinski definition) is 1. The molecule has 0 saturated carbocycles. The minimum absolute atomic E-state index is 1.03. The van der Waals surface area contributed by atoms with Crippen LogP contribution in [0.3, 0.4) is 0 Å². The highest BCUT2D eigenvalue weighted by molar-refractivity contribution is 9.09. The van der Waals surface area contributed by atoms with E-state index < -0.39 is 0 Å². The fourth-order valence-corrected chi connectivity index (χ4v) is 2.59. The molecule has 1 aromatic heterocycles. The highest BCUT2D eigenvalue weighted by Gasteiger charge is 1.98. The van der Waals surface area contributed by atoms with E-state index in [1.165, 1.54) is 15.6 Å². The Morgan fingerprint density at radius 3 is 3.00 bits per heavy atom. The van der Waals surface area contributed by atoms with Crippen molar-refractivity contribution in [3.05, 3.63) is 41.3 Å². The molecule has 0 atom stereocenters. The van der Waals surface area contributed by atoms with Crippen LogP contribution < -0.4 is 0 Å². The molecule has 0 fully saturated rings. The Morgan fingerprint density at radius 2 is 2.14 bits per heavy atom. The molecule has 0 aliphatic heterocycles. The molecular weight excluding hydrogens is 256 g/mol. The molecular formula is C12H11BrS. The largest absolute Gasteiger partial charge is 0.143 e. The molecule has 0 spiro atoms. The molecule has 0 bridgehead atoms. The average molecular weight is 267 g/mol. The molecule has 2 aromatic rings. The quantitative estimate of drug-likeness (QED) is 0.707. The molecule has 1 heterocycles. The lowest BCUT2D eigenvalue weighted by Crippen LogP contribution is -1.69. The summed E-state index contributed by atoms with van der Waals surface area (Å²) in [6.45, 7) is 0. The van der Waals surface area contributed by atoms with Gasteiger partial charge in [-0.25, -0.2) is 0 Å². The van der Waals surface area contributed by atoms with Gasteiger partial charge in [-0.2, -0.15) is 0 Å². The number of hydrogen-bond donors (Lipinski definition) is 0. The van der Waals surface area contributed by atoms with Crippen molar-refractivity contribution in [2.24, 2.45) is 0 Å². The number of thiophene rings is 1. The van der Waals surface area contributed by atoms with Crippen molar-refractivity contribution in [2.45, 2.75) is 6.42 Å². The Balaban J connectivity index is 2.34. The molecule has 2 heteroatoms. The van der Waals surface area contributed by atoms with Crippen LogP contribution in [0.4, 0.5) is 0 Å². The SMILES string of the molecule is BrCCC=Cc1csc2ccccc12. The zero-order valence-electron chi connectivity index (χ0n) is 7.74. The van der Waals surface area contributed by atoms with E-state index in [0.717, 1.165) is 11.8 Å². The smallest absolute Gasteiger partial charge is 0.0348 e. The van der Waals surface area contributed by atoms with Gasteiger partial charge in [0.1, 0.15) is 0 Å². The van der Waals surface area contributed by atoms with Crippen LogP contribution in [0.15, 0.2) is 35.7 Å². The van der Waals surface area contributed by atoms with Gasteiger partial charge in [0.25, 0.3) is 0 Å². The van der Waals surface area contributed by atoms with Gasteiger partial charge in [0.15, 0.2) is 0 Å². The van der Waals surface area contributed by atoms with Gasteiger partial charge in [-0.15, -0.1) is 11.3 Å². The van der Waals surface area contributed by atoms with Crippen LogP contribution in [0, 0.1) is 0 Å². The average Bonchev–Trinajstić information content (AvgIpc) is 2.63. The van der Waals surface area contributed by atoms with Gasteiger partial charge in [0, 0.05) is 10.0 Å². The first kappa shape index (κ1) is 9.94. The van der Waals surface area contributed by atoms with Gasteiger partial charge >= 0.3 is 0 Å². The van der Waals surface area contributed by atoms with Crippen LogP contribution in [0.5, 0.6) is 0 Å². The van der Waals surface area contributed by atoms with Gasteiger partial charge in [-0.1, -0.05) is 46.3 Å². The van der Waals surface area contributed by atoms with Crippen molar-refractivity contribution in [3.63, 3.8) is 0 Å². The molecule has 0 amide bonds. The summed E-state index contributed by atoms with van der Waals surface area (Å²) in [4.78, 5) is 0. The van der Waals surface area contributed by atoms with E-state index in [-0.39, 0.29) is 0 Å². The first-order valence-electron chi connectivity index (χ1n) is 4.60. The summed E-state index contributed by atoms with van der Waals surface area (Å²) >= 11 is 5.22. The normalized spacial score (nSPS) is 11.5. The highest BCUT2D eigenvalue weighted by atomic mass is 79.9. The zero-order valence-corrected chi connectivity index (χ0v) is 10.1. The topological polar surface area (TPSA) is 0 Å². The minimum Gasteiger partial charge on any atom is -0.143 e. The van der Waals surface area contributed by atoms with Gasteiger partial charge < -0.3 is 0 Å². The van der Waals surface area contributed by atoms with E-state index in [0.29, 0.717) is 0 Å². The Labute approximate surface area is 96.4 Å². The summed E-state index contributed by atoms with van der Waals surface area (Å²) in [5.74, 6) is 0. The van der Waals surface area contributed by atoms with Crippen molar-refractivity contribution in [1.82, 2.24) is 0 Å². The standard InChI is InChI=1S/C12H11BrS/c13-8-4-3-5-10-9-14-12-7-2-1-6-11(10)12/h1-3,5-7,9H,4,8H2. The Hall–Kier alpha value is -0.600. The summed E-state index contributed by atoms with van der Waals surface area (Å²) in [6.07, 6.45) is 5.51. The summed E-state index contributed by atoms with van der Waals surface area (Å²) < 4.78 is 1.37. The minimum atomic E-state index is 1.03. The van der Waals surface area contributed by atoms with Gasteiger partial charge in [0.05, 0.1) is 0 Å². The van der Waals surface area contributed by atoms with Crippen molar-refractivity contribution < 1.29 is 0 Å². The van der Waals surface area contributed by atoms with E-state index in [4.69, 9.17) is 0 Å². The van der Waals surface area contributed by atoms with Crippen molar-refractivity contribution in [1.29, 1.82) is 0 Å². The third-order valence-electron chi connectivity index (χ3n) is 2.08. The second kappa shape index (κ2) is 4.76. The number of allylic oxidation sites excluding steroid dienone is 1. The Kier molecular flexibility index (Phi) is 3.38. The summed E-state index contributed by atoms with van der Waals surface area (Å²) in [6, 6.07) is 8.53. The van der Waals surface area contributed by atoms with Crippen LogP contribution in [0.25, 0.3) is 16.2 Å². The second-order valence-electron chi connectivity index (χ2n) is 3.07. The third kappa shape index (κ3) is 2.07. The van der Waals surface area contributed by atoms with Crippen molar-refractivity contribution in [2.75, 3.05) is 5.33 Å². The van der Waals surface area contributed by atoms with Gasteiger partial charge in [-0.3, -0.25) is 0 Å². The Morgan fingerprint density at radius 1 is 1.29 bits per heavy atom. The molecule has 0 radical (unpaired) electrons. The summed E-state index contributed by atoms with van der Waals surface area (Å²) in [5, 5.41) is 4.62. The van der Waals surface area contributed by atoms with E-state index >= 15 is 0 Å². The first-order valence-corrected chi connectivity index (χ1v) is 6.60. The molecule has 0 N–H and O–H groups in total. The molecule has 0 saturated heterocycles. The van der Waals surface area contributed by atoms with E-state index in [1.54, 1.807) is 0 Å². The highest BCUT2D eigenvalue weighted by Crippen LogP contribution is 2.26. The number of benzene rings is 1. The number of fused-ring (bicyclic) bond motifs is 1. The Bertz CT molecular complexity index is 442. The van der Waals surface area contributed by atoms with Crippen molar-refractivity contribution >= 4 is 43.4 Å². The van der Waals surface area contributed by atoms with E-state index in [1.807, 2.05) is 11.3 Å². The molecule has 72 valence electrons. The fourth-order valence-electron chi connectivity index (χ4n) is 1.40. The molecule has 0 aliphatic carbocycles. The second-order valence-corrected chi connectivity index (χ2v) is 4.77. The van der Waals surface area contributed by atoms with Crippen LogP contribution in [-0.4, -0.2) is 5.33 Å². The molecule has 0 aliphatic rings. The predicted molar refractivity (Wildman–Crippen MR) is 69.3 cm³/mol. The van der Waals surface area contributed by atoms with Crippen LogP contribution in [0.2, 0.25) is 0 Å². The summed E-state index contributed by atoms with van der Waals surface area (Å²) in [7, 11) is 0. The van der Waals surface area contributed by atoms with Crippen LogP contribution in [-0.2, 0) is 0 Å². The van der Waals surface area contributed by atoms with E-state index in [2.05, 4.69) is 57.7 Å². The fraction of sp³-hybridized carbons (Fsp3) is 0.167. The first-order chi connectivity index (χ1) is 6.92. The molecule has 1 aromatic carbocycles. The lowest BCUT2D eigenvalue weighted by atomic mass is 10.1. The zero-order chi connectivity index (χ0) is 9.80. The maximum atomic E-state index is 3.41. The predicted octanol–water partition coefficient (Wildman–Crippen LogP) is 4.70. The number of rotatable bonds is 3. The van der Waals surface area contributed by atoms with Crippen LogP contribution in [0.1, 0.15) is 12.0 Å².